The third-order valence-corrected chi connectivity index (χ3v) is 2.78. The highest BCUT2D eigenvalue weighted by Gasteiger charge is 2.07. The first-order chi connectivity index (χ1) is 9.10. The number of aryl methyl sites for hydroxylation is 1. The zero-order valence-corrected chi connectivity index (χ0v) is 11.0. The highest BCUT2D eigenvalue weighted by Crippen LogP contribution is 2.10. The largest absolute Gasteiger partial charge is 0.321 e. The molecule has 0 aromatic carbocycles. The van der Waals surface area contributed by atoms with Gasteiger partial charge in [-0.05, 0) is 25.1 Å². The van der Waals surface area contributed by atoms with Gasteiger partial charge in [-0.2, -0.15) is 0 Å². The minimum Gasteiger partial charge on any atom is -0.321 e. The minimum absolute atomic E-state index is 0.104. The summed E-state index contributed by atoms with van der Waals surface area (Å²) in [6.07, 6.45) is 3.06. The number of anilines is 1. The van der Waals surface area contributed by atoms with E-state index in [4.69, 9.17) is 11.6 Å². The Morgan fingerprint density at radius 2 is 2.21 bits per heavy atom. The summed E-state index contributed by atoms with van der Waals surface area (Å²) in [6, 6.07) is 6.03. The first kappa shape index (κ1) is 13.3. The fourth-order valence-corrected chi connectivity index (χ4v) is 1.77. The molecule has 0 spiro atoms. The van der Waals surface area contributed by atoms with Crippen LogP contribution in [0.4, 0.5) is 5.69 Å². The van der Waals surface area contributed by atoms with Crippen LogP contribution in [0.25, 0.3) is 0 Å². The molecule has 0 atom stereocenters. The zero-order chi connectivity index (χ0) is 13.8. The molecule has 0 bridgehead atoms. The van der Waals surface area contributed by atoms with Crippen LogP contribution in [0.2, 0.25) is 5.15 Å². The van der Waals surface area contributed by atoms with Crippen molar-refractivity contribution < 1.29 is 4.79 Å². The van der Waals surface area contributed by atoms with Gasteiger partial charge in [0, 0.05) is 30.6 Å². The van der Waals surface area contributed by atoms with Crippen LogP contribution in [-0.4, -0.2) is 15.5 Å². The van der Waals surface area contributed by atoms with Crippen molar-refractivity contribution in [2.24, 2.45) is 0 Å². The molecule has 0 unspecified atom stereocenters. The lowest BCUT2D eigenvalue weighted by Crippen LogP contribution is -2.19. The predicted octanol–water partition coefficient (Wildman–Crippen LogP) is 2.17. The lowest BCUT2D eigenvalue weighted by atomic mass is 10.2. The summed E-state index contributed by atoms with van der Waals surface area (Å²) in [5.74, 6) is -0.300. The SMILES string of the molecule is CCn1cc(NC(=O)c2ccnc(Cl)c2)ccc1=O. The first-order valence-electron chi connectivity index (χ1n) is 5.73. The molecule has 19 heavy (non-hydrogen) atoms. The van der Waals surface area contributed by atoms with Crippen LogP contribution in [0.1, 0.15) is 17.3 Å². The van der Waals surface area contributed by atoms with E-state index < -0.39 is 0 Å². The van der Waals surface area contributed by atoms with Crippen molar-refractivity contribution in [3.63, 3.8) is 0 Å². The average molecular weight is 278 g/mol. The van der Waals surface area contributed by atoms with Gasteiger partial charge in [0.2, 0.25) is 0 Å². The van der Waals surface area contributed by atoms with Gasteiger partial charge in [-0.25, -0.2) is 4.98 Å². The third kappa shape index (κ3) is 3.20. The van der Waals surface area contributed by atoms with E-state index in [0.29, 0.717) is 17.8 Å². The topological polar surface area (TPSA) is 64.0 Å². The molecule has 6 heteroatoms. The molecule has 2 heterocycles. The van der Waals surface area contributed by atoms with Gasteiger partial charge in [-0.3, -0.25) is 9.59 Å². The van der Waals surface area contributed by atoms with Gasteiger partial charge in [-0.15, -0.1) is 0 Å². The predicted molar refractivity (Wildman–Crippen MR) is 73.6 cm³/mol. The van der Waals surface area contributed by atoms with E-state index in [1.54, 1.807) is 18.3 Å². The smallest absolute Gasteiger partial charge is 0.255 e. The van der Waals surface area contributed by atoms with Gasteiger partial charge >= 0.3 is 0 Å². The molecule has 0 aliphatic rings. The fourth-order valence-electron chi connectivity index (χ4n) is 1.60. The van der Waals surface area contributed by atoms with Gasteiger partial charge < -0.3 is 9.88 Å². The van der Waals surface area contributed by atoms with Crippen molar-refractivity contribution >= 4 is 23.2 Å². The molecule has 0 aliphatic carbocycles. The summed E-state index contributed by atoms with van der Waals surface area (Å²) in [6.45, 7) is 2.40. The van der Waals surface area contributed by atoms with Crippen LogP contribution in [0, 0.1) is 0 Å². The van der Waals surface area contributed by atoms with E-state index in [0.717, 1.165) is 0 Å². The summed E-state index contributed by atoms with van der Waals surface area (Å²) in [7, 11) is 0. The standard InChI is InChI=1S/C13H12ClN3O2/c1-2-17-8-10(3-4-12(17)18)16-13(19)9-5-6-15-11(14)7-9/h3-8H,2H2,1H3,(H,16,19). The van der Waals surface area contributed by atoms with E-state index in [2.05, 4.69) is 10.3 Å². The number of pyridine rings is 2. The molecule has 1 N–H and O–H groups in total. The van der Waals surface area contributed by atoms with E-state index in [9.17, 15) is 9.59 Å². The molecule has 0 saturated heterocycles. The second-order valence-corrected chi connectivity index (χ2v) is 4.25. The molecule has 2 aromatic heterocycles. The Bertz CT molecular complexity index is 667. The van der Waals surface area contributed by atoms with Gasteiger partial charge in [0.05, 0.1) is 5.69 Å². The number of nitrogens with zero attached hydrogens (tertiary/aromatic N) is 2. The second-order valence-electron chi connectivity index (χ2n) is 3.86. The second kappa shape index (κ2) is 5.67. The maximum Gasteiger partial charge on any atom is 0.255 e. The molecule has 5 nitrogen and oxygen atoms in total. The number of aromatic nitrogens is 2. The lowest BCUT2D eigenvalue weighted by molar-refractivity contribution is 0.102. The number of carbonyl (C=O) groups is 1. The quantitative estimate of drug-likeness (QED) is 0.875. The molecule has 0 aliphatic heterocycles. The van der Waals surface area contributed by atoms with E-state index in [-0.39, 0.29) is 16.6 Å². The number of rotatable bonds is 3. The Hall–Kier alpha value is -2.14. The molecular weight excluding hydrogens is 266 g/mol. The molecule has 2 rings (SSSR count). The molecule has 98 valence electrons. The van der Waals surface area contributed by atoms with Crippen LogP contribution in [0.15, 0.2) is 41.5 Å². The van der Waals surface area contributed by atoms with Crippen LogP contribution in [0.3, 0.4) is 0 Å². The number of amides is 1. The van der Waals surface area contributed by atoms with Gasteiger partial charge in [0.1, 0.15) is 5.15 Å². The summed E-state index contributed by atoms with van der Waals surface area (Å²) < 4.78 is 1.51. The Morgan fingerprint density at radius 3 is 2.89 bits per heavy atom. The molecule has 1 amide bonds. The van der Waals surface area contributed by atoms with Crippen molar-refractivity contribution in [2.75, 3.05) is 5.32 Å². The van der Waals surface area contributed by atoms with Crippen molar-refractivity contribution in [3.8, 4) is 0 Å². The number of hydrogen-bond donors (Lipinski definition) is 1. The fraction of sp³-hybridized carbons (Fsp3) is 0.154. The normalized spacial score (nSPS) is 10.2. The zero-order valence-electron chi connectivity index (χ0n) is 10.3. The Balaban J connectivity index is 2.22. The monoisotopic (exact) mass is 277 g/mol. The van der Waals surface area contributed by atoms with Crippen LogP contribution < -0.4 is 10.9 Å². The molecule has 0 fully saturated rings. The summed E-state index contributed by atoms with van der Waals surface area (Å²) >= 11 is 5.72. The van der Waals surface area contributed by atoms with Crippen LogP contribution >= 0.6 is 11.6 Å². The van der Waals surface area contributed by atoms with Crippen molar-refractivity contribution in [2.45, 2.75) is 13.5 Å². The molecule has 0 saturated carbocycles. The van der Waals surface area contributed by atoms with Crippen molar-refractivity contribution in [1.82, 2.24) is 9.55 Å². The number of halogens is 1. The van der Waals surface area contributed by atoms with Gasteiger partial charge in [-0.1, -0.05) is 11.6 Å². The van der Waals surface area contributed by atoms with Crippen molar-refractivity contribution in [1.29, 1.82) is 0 Å². The highest BCUT2D eigenvalue weighted by atomic mass is 35.5. The van der Waals surface area contributed by atoms with Gasteiger partial charge in [0.15, 0.2) is 0 Å². The third-order valence-electron chi connectivity index (χ3n) is 2.57. The number of hydrogen-bond acceptors (Lipinski definition) is 3. The molecular formula is C13H12ClN3O2. The minimum atomic E-state index is -0.300. The summed E-state index contributed by atoms with van der Waals surface area (Å²) in [5.41, 5.74) is 0.862. The Kier molecular flexibility index (Phi) is 3.97. The summed E-state index contributed by atoms with van der Waals surface area (Å²) in [4.78, 5) is 27.2. The van der Waals surface area contributed by atoms with Crippen molar-refractivity contribution in [3.05, 3.63) is 57.7 Å². The maximum atomic E-state index is 12.0. The Morgan fingerprint density at radius 1 is 1.42 bits per heavy atom. The average Bonchev–Trinajstić information content (AvgIpc) is 2.41. The maximum absolute atomic E-state index is 12.0. The van der Waals surface area contributed by atoms with Gasteiger partial charge in [0.25, 0.3) is 11.5 Å². The Labute approximate surface area is 114 Å². The first-order valence-corrected chi connectivity index (χ1v) is 6.11. The highest BCUT2D eigenvalue weighted by molar-refractivity contribution is 6.29. The van der Waals surface area contributed by atoms with E-state index in [1.807, 2.05) is 6.92 Å². The molecule has 2 aromatic rings. The van der Waals surface area contributed by atoms with Crippen LogP contribution in [-0.2, 0) is 6.54 Å². The van der Waals surface area contributed by atoms with E-state index >= 15 is 0 Å². The van der Waals surface area contributed by atoms with Crippen LogP contribution in [0.5, 0.6) is 0 Å². The lowest BCUT2D eigenvalue weighted by Gasteiger charge is -2.07. The number of carbonyl (C=O) groups excluding carboxylic acids is 1. The summed E-state index contributed by atoms with van der Waals surface area (Å²) in [5, 5.41) is 2.96. The molecule has 0 radical (unpaired) electrons. The van der Waals surface area contributed by atoms with E-state index in [1.165, 1.54) is 22.9 Å². The number of nitrogens with one attached hydrogen (secondary N) is 1.